The second-order valence-electron chi connectivity index (χ2n) is 5.81. The van der Waals surface area contributed by atoms with Crippen LogP contribution in [0.1, 0.15) is 24.5 Å². The van der Waals surface area contributed by atoms with E-state index >= 15 is 0 Å². The number of amides is 1. The van der Waals surface area contributed by atoms with Crippen molar-refractivity contribution in [3.05, 3.63) is 58.6 Å². The van der Waals surface area contributed by atoms with Crippen LogP contribution in [0.25, 0.3) is 0 Å². The molecular formula is C20H24ClNO3. The van der Waals surface area contributed by atoms with Crippen LogP contribution in [0.2, 0.25) is 5.02 Å². The fourth-order valence-electron chi connectivity index (χ4n) is 2.32. The lowest BCUT2D eigenvalue weighted by Gasteiger charge is -2.19. The minimum absolute atomic E-state index is 0.136. The van der Waals surface area contributed by atoms with Crippen molar-refractivity contribution in [1.29, 1.82) is 0 Å². The van der Waals surface area contributed by atoms with Gasteiger partial charge in [0.15, 0.2) is 6.10 Å². The first kappa shape index (κ1) is 19.1. The van der Waals surface area contributed by atoms with Gasteiger partial charge in [-0.1, -0.05) is 30.7 Å². The molecule has 0 fully saturated rings. The number of carbonyl (C=O) groups excluding carboxylic acids is 1. The molecule has 1 unspecified atom stereocenters. The molecule has 134 valence electrons. The van der Waals surface area contributed by atoms with Gasteiger partial charge < -0.3 is 14.8 Å². The molecule has 25 heavy (non-hydrogen) atoms. The van der Waals surface area contributed by atoms with Crippen molar-refractivity contribution < 1.29 is 14.3 Å². The van der Waals surface area contributed by atoms with Gasteiger partial charge in [0.1, 0.15) is 18.1 Å². The van der Waals surface area contributed by atoms with Crippen molar-refractivity contribution in [3.63, 3.8) is 0 Å². The van der Waals surface area contributed by atoms with Crippen LogP contribution in [0.4, 0.5) is 0 Å². The second kappa shape index (κ2) is 9.33. The van der Waals surface area contributed by atoms with Gasteiger partial charge in [-0.2, -0.15) is 0 Å². The Kier molecular flexibility index (Phi) is 7.14. The van der Waals surface area contributed by atoms with E-state index in [0.29, 0.717) is 24.6 Å². The van der Waals surface area contributed by atoms with E-state index in [4.69, 9.17) is 21.1 Å². The monoisotopic (exact) mass is 361 g/mol. The van der Waals surface area contributed by atoms with E-state index in [1.807, 2.05) is 39.0 Å². The highest BCUT2D eigenvalue weighted by Crippen LogP contribution is 2.22. The first-order valence-electron chi connectivity index (χ1n) is 8.40. The van der Waals surface area contributed by atoms with Gasteiger partial charge in [0.25, 0.3) is 5.91 Å². The molecule has 2 aromatic carbocycles. The predicted molar refractivity (Wildman–Crippen MR) is 101 cm³/mol. The summed E-state index contributed by atoms with van der Waals surface area (Å²) < 4.78 is 11.5. The molecule has 0 saturated heterocycles. The van der Waals surface area contributed by atoms with Crippen molar-refractivity contribution in [1.82, 2.24) is 5.32 Å². The van der Waals surface area contributed by atoms with E-state index in [1.54, 1.807) is 24.3 Å². The molecule has 0 aliphatic carbocycles. The highest BCUT2D eigenvalue weighted by molar-refractivity contribution is 6.30. The maximum atomic E-state index is 12.3. The van der Waals surface area contributed by atoms with Crippen LogP contribution in [0.5, 0.6) is 11.5 Å². The number of benzene rings is 2. The number of ether oxygens (including phenoxy) is 2. The average molecular weight is 362 g/mol. The van der Waals surface area contributed by atoms with E-state index in [9.17, 15) is 4.79 Å². The summed E-state index contributed by atoms with van der Waals surface area (Å²) in [5.41, 5.74) is 2.20. The van der Waals surface area contributed by atoms with Gasteiger partial charge in [-0.3, -0.25) is 4.79 Å². The molecule has 0 bridgehead atoms. The van der Waals surface area contributed by atoms with Crippen LogP contribution in [-0.2, 0) is 4.79 Å². The van der Waals surface area contributed by atoms with E-state index in [2.05, 4.69) is 5.32 Å². The lowest BCUT2D eigenvalue weighted by atomic mass is 10.1. The molecule has 0 radical (unpaired) electrons. The van der Waals surface area contributed by atoms with Crippen molar-refractivity contribution >= 4 is 17.5 Å². The Hall–Kier alpha value is -2.20. The Morgan fingerprint density at radius 1 is 1.16 bits per heavy atom. The Morgan fingerprint density at radius 2 is 1.88 bits per heavy atom. The number of halogens is 1. The van der Waals surface area contributed by atoms with Crippen LogP contribution >= 0.6 is 11.6 Å². The van der Waals surface area contributed by atoms with Gasteiger partial charge in [0.2, 0.25) is 0 Å². The minimum Gasteiger partial charge on any atom is -0.492 e. The lowest BCUT2D eigenvalue weighted by Crippen LogP contribution is -2.39. The van der Waals surface area contributed by atoms with Gasteiger partial charge in [0, 0.05) is 5.02 Å². The second-order valence-corrected chi connectivity index (χ2v) is 6.24. The number of rotatable bonds is 8. The standard InChI is InChI=1S/C20H24ClNO3/c1-4-18(25-19-7-5-6-14(2)15(19)3)20(23)22-12-13-24-17-10-8-16(21)9-11-17/h5-11,18H,4,12-13H2,1-3H3,(H,22,23). The highest BCUT2D eigenvalue weighted by Gasteiger charge is 2.19. The fraction of sp³-hybridized carbons (Fsp3) is 0.350. The highest BCUT2D eigenvalue weighted by atomic mass is 35.5. The van der Waals surface area contributed by atoms with Crippen LogP contribution in [0.3, 0.4) is 0 Å². The Balaban J connectivity index is 1.81. The van der Waals surface area contributed by atoms with E-state index in [1.165, 1.54) is 0 Å². The van der Waals surface area contributed by atoms with E-state index < -0.39 is 6.10 Å². The summed E-state index contributed by atoms with van der Waals surface area (Å²) in [7, 11) is 0. The van der Waals surface area contributed by atoms with Crippen molar-refractivity contribution in [3.8, 4) is 11.5 Å². The molecule has 0 spiro atoms. The SMILES string of the molecule is CCC(Oc1cccc(C)c1C)C(=O)NCCOc1ccc(Cl)cc1. The number of nitrogens with one attached hydrogen (secondary N) is 1. The molecule has 1 N–H and O–H groups in total. The van der Waals surface area contributed by atoms with Crippen LogP contribution in [0.15, 0.2) is 42.5 Å². The quantitative estimate of drug-likeness (QED) is 0.713. The first-order valence-corrected chi connectivity index (χ1v) is 8.78. The summed E-state index contributed by atoms with van der Waals surface area (Å²) in [5.74, 6) is 1.33. The zero-order valence-electron chi connectivity index (χ0n) is 14.8. The first-order chi connectivity index (χ1) is 12.0. The molecule has 0 aliphatic heterocycles. The summed E-state index contributed by atoms with van der Waals surface area (Å²) in [5, 5.41) is 3.52. The molecular weight excluding hydrogens is 338 g/mol. The summed E-state index contributed by atoms with van der Waals surface area (Å²) in [4.78, 5) is 12.3. The molecule has 0 saturated carbocycles. The third-order valence-corrected chi connectivity index (χ3v) is 4.22. The molecule has 1 atom stereocenters. The van der Waals surface area contributed by atoms with Gasteiger partial charge in [-0.05, 0) is 61.7 Å². The topological polar surface area (TPSA) is 47.6 Å². The van der Waals surface area contributed by atoms with E-state index in [0.717, 1.165) is 22.6 Å². The van der Waals surface area contributed by atoms with Gasteiger partial charge >= 0.3 is 0 Å². The zero-order chi connectivity index (χ0) is 18.2. The largest absolute Gasteiger partial charge is 0.492 e. The summed E-state index contributed by atoms with van der Waals surface area (Å²) >= 11 is 5.83. The third kappa shape index (κ3) is 5.68. The summed E-state index contributed by atoms with van der Waals surface area (Å²) in [6.45, 7) is 6.74. The Bertz CT molecular complexity index is 701. The Labute approximate surface area is 154 Å². The maximum Gasteiger partial charge on any atom is 0.261 e. The summed E-state index contributed by atoms with van der Waals surface area (Å²) in [6.07, 6.45) is 0.0769. The number of hydrogen-bond acceptors (Lipinski definition) is 3. The van der Waals surface area contributed by atoms with Crippen molar-refractivity contribution in [2.45, 2.75) is 33.3 Å². The maximum absolute atomic E-state index is 12.3. The normalized spacial score (nSPS) is 11.7. The fourth-order valence-corrected chi connectivity index (χ4v) is 2.44. The van der Waals surface area contributed by atoms with Crippen molar-refractivity contribution in [2.24, 2.45) is 0 Å². The molecule has 0 heterocycles. The molecule has 2 rings (SSSR count). The molecule has 0 aromatic heterocycles. The van der Waals surface area contributed by atoms with Crippen LogP contribution in [0, 0.1) is 13.8 Å². The van der Waals surface area contributed by atoms with Crippen LogP contribution in [-0.4, -0.2) is 25.2 Å². The molecule has 0 aliphatic rings. The van der Waals surface area contributed by atoms with Gasteiger partial charge in [-0.15, -0.1) is 0 Å². The Morgan fingerprint density at radius 3 is 2.56 bits per heavy atom. The van der Waals surface area contributed by atoms with E-state index in [-0.39, 0.29) is 5.91 Å². The number of carbonyl (C=O) groups is 1. The molecule has 5 heteroatoms. The van der Waals surface area contributed by atoms with Gasteiger partial charge in [0.05, 0.1) is 6.54 Å². The predicted octanol–water partition coefficient (Wildman–Crippen LogP) is 4.31. The van der Waals surface area contributed by atoms with Crippen LogP contribution < -0.4 is 14.8 Å². The third-order valence-electron chi connectivity index (χ3n) is 3.97. The zero-order valence-corrected chi connectivity index (χ0v) is 15.6. The van der Waals surface area contributed by atoms with Gasteiger partial charge in [-0.25, -0.2) is 0 Å². The summed E-state index contributed by atoms with van der Waals surface area (Å²) in [6, 6.07) is 13.0. The smallest absolute Gasteiger partial charge is 0.261 e. The molecule has 4 nitrogen and oxygen atoms in total. The number of aryl methyl sites for hydroxylation is 1. The molecule has 2 aromatic rings. The molecule has 1 amide bonds. The lowest BCUT2D eigenvalue weighted by molar-refractivity contribution is -0.128. The average Bonchev–Trinajstić information content (AvgIpc) is 2.61. The van der Waals surface area contributed by atoms with Crippen molar-refractivity contribution in [2.75, 3.05) is 13.2 Å². The minimum atomic E-state index is -0.518. The number of hydrogen-bond donors (Lipinski definition) is 1.